The molecule has 0 saturated heterocycles. The minimum atomic E-state index is -1.02. The van der Waals surface area contributed by atoms with Crippen LogP contribution in [0, 0.1) is 0 Å². The zero-order chi connectivity index (χ0) is 31.8. The van der Waals surface area contributed by atoms with E-state index < -0.39 is 35.8 Å². The van der Waals surface area contributed by atoms with Crippen molar-refractivity contribution in [3.05, 3.63) is 78.4 Å². The zero-order valence-electron chi connectivity index (χ0n) is 24.8. The van der Waals surface area contributed by atoms with Crippen molar-refractivity contribution >= 4 is 52.6 Å². The molecule has 0 bridgehead atoms. The van der Waals surface area contributed by atoms with E-state index in [0.717, 1.165) is 5.56 Å². The number of hydrogen-bond donors (Lipinski definition) is 4. The van der Waals surface area contributed by atoms with Crippen molar-refractivity contribution in [1.82, 2.24) is 16.0 Å². The van der Waals surface area contributed by atoms with Crippen molar-refractivity contribution < 1.29 is 33.8 Å². The molecule has 0 aromatic heterocycles. The van der Waals surface area contributed by atoms with E-state index in [0.29, 0.717) is 30.6 Å². The Labute approximate surface area is 266 Å². The molecule has 43 heavy (non-hydrogen) atoms. The van der Waals surface area contributed by atoms with Gasteiger partial charge in [-0.3, -0.25) is 12.7 Å². The Morgan fingerprint density at radius 1 is 0.953 bits per heavy atom. The molecule has 4 amide bonds. The van der Waals surface area contributed by atoms with Gasteiger partial charge in [-0.25, -0.2) is 9.59 Å². The molecule has 0 saturated carbocycles. The summed E-state index contributed by atoms with van der Waals surface area (Å²) in [5.74, 6) is -0.927. The predicted molar refractivity (Wildman–Crippen MR) is 173 cm³/mol. The van der Waals surface area contributed by atoms with Crippen molar-refractivity contribution in [2.45, 2.75) is 70.7 Å². The van der Waals surface area contributed by atoms with Gasteiger partial charge in [0.25, 0.3) is 5.91 Å². The van der Waals surface area contributed by atoms with Gasteiger partial charge >= 0.3 is 12.2 Å². The Morgan fingerprint density at radius 2 is 1.63 bits per heavy atom. The van der Waals surface area contributed by atoms with E-state index in [1.807, 2.05) is 53.2 Å². The number of alkyl carbamates (subject to hydrolysis) is 2. The number of ether oxygens (including phenoxy) is 2. The minimum absolute atomic E-state index is 0.0250. The number of halogens is 1. The number of unbranched alkanes of at least 4 members (excludes halogenated alkanes) is 1. The van der Waals surface area contributed by atoms with Crippen LogP contribution in [0.1, 0.15) is 51.2 Å². The van der Waals surface area contributed by atoms with Crippen molar-refractivity contribution in [3.8, 4) is 0 Å². The minimum Gasteiger partial charge on any atom is -0.445 e. The van der Waals surface area contributed by atoms with Gasteiger partial charge in [-0.1, -0.05) is 55.1 Å². The summed E-state index contributed by atoms with van der Waals surface area (Å²) < 4.78 is 11.7. The maximum atomic E-state index is 13.6. The summed E-state index contributed by atoms with van der Waals surface area (Å²) >= 11 is 1.88. The smallest absolute Gasteiger partial charge is 0.408 e. The lowest BCUT2D eigenvalue weighted by molar-refractivity contribution is -0.128. The fourth-order valence-corrected chi connectivity index (χ4v) is 4.54. The number of carbonyl (C=O) groups is 4. The second-order valence-electron chi connectivity index (χ2n) is 10.7. The fourth-order valence-electron chi connectivity index (χ4n) is 3.88. The zero-order valence-corrected chi connectivity index (χ0v) is 27.0. The highest BCUT2D eigenvalue weighted by Gasteiger charge is 2.30. The molecule has 11 nitrogen and oxygen atoms in total. The van der Waals surface area contributed by atoms with Gasteiger partial charge in [-0.05, 0) is 63.3 Å². The lowest BCUT2D eigenvalue weighted by atomic mass is 10.0. The first-order valence-electron chi connectivity index (χ1n) is 14.0. The molecule has 0 aliphatic rings. The number of nitrogens with one attached hydrogen (secondary N) is 3. The summed E-state index contributed by atoms with van der Waals surface area (Å²) in [6, 6.07) is 14.0. The third kappa shape index (κ3) is 13.5. The molecule has 0 spiro atoms. The molecule has 2 aromatic rings. The maximum Gasteiger partial charge on any atom is 0.408 e. The van der Waals surface area contributed by atoms with Crippen molar-refractivity contribution in [3.63, 3.8) is 0 Å². The van der Waals surface area contributed by atoms with E-state index in [9.17, 15) is 24.3 Å². The normalized spacial score (nSPS) is 12.3. The molecule has 12 heteroatoms. The second-order valence-corrected chi connectivity index (χ2v) is 11.7. The highest BCUT2D eigenvalue weighted by atomic mass is 127. The molecule has 2 aromatic carbocycles. The van der Waals surface area contributed by atoms with Crippen LogP contribution >= 0.6 is 22.9 Å². The summed E-state index contributed by atoms with van der Waals surface area (Å²) in [6.45, 7) is 9.02. The standard InChI is InChI=1S/C31H41IN4O7/c1-5-19-42-30(41)35-26(20-22-11-7-6-8-12-22)27(38)34-25(13-9-10-18-33-29(40)43-31(2,3)4)28(39)36(32)24-16-14-23(21-37)15-17-24/h5-8,11-12,14-17,25-26,37H,1,9-10,13,18-21H2,2-4H3,(H,33,40)(H,34,38)(H,35,41)/t25-,26-/m0/s1. The number of aliphatic hydroxyl groups excluding tert-OH is 1. The molecule has 0 fully saturated rings. The monoisotopic (exact) mass is 708 g/mol. The molecular formula is C31H41IN4O7. The Hall–Kier alpha value is -3.65. The van der Waals surface area contributed by atoms with Crippen LogP contribution in [-0.4, -0.2) is 59.9 Å². The van der Waals surface area contributed by atoms with Crippen molar-refractivity contribution in [1.29, 1.82) is 0 Å². The average Bonchev–Trinajstić information content (AvgIpc) is 2.97. The number of nitrogens with zero attached hydrogens (tertiary/aromatic N) is 1. The van der Waals surface area contributed by atoms with Gasteiger partial charge in [-0.15, -0.1) is 0 Å². The van der Waals surface area contributed by atoms with Gasteiger partial charge in [0.15, 0.2) is 0 Å². The van der Waals surface area contributed by atoms with E-state index >= 15 is 0 Å². The molecule has 0 aliphatic heterocycles. The number of anilines is 1. The largest absolute Gasteiger partial charge is 0.445 e. The number of rotatable bonds is 15. The molecule has 234 valence electrons. The van der Waals surface area contributed by atoms with Crippen LogP contribution < -0.4 is 19.1 Å². The first-order chi connectivity index (χ1) is 20.4. The number of hydrogen-bond acceptors (Lipinski definition) is 7. The summed E-state index contributed by atoms with van der Waals surface area (Å²) in [4.78, 5) is 51.5. The number of carbonyl (C=O) groups excluding carboxylic acids is 4. The molecule has 2 atom stereocenters. The lowest BCUT2D eigenvalue weighted by Gasteiger charge is -2.26. The third-order valence-electron chi connectivity index (χ3n) is 5.96. The molecular weight excluding hydrogens is 667 g/mol. The molecule has 0 unspecified atom stereocenters. The highest BCUT2D eigenvalue weighted by molar-refractivity contribution is 14.1. The van der Waals surface area contributed by atoms with Gasteiger partial charge in [0.1, 0.15) is 24.3 Å². The SMILES string of the molecule is C=CCOC(=O)N[C@@H](Cc1ccccc1)C(=O)N[C@@H](CCCCNC(=O)OC(C)(C)C)C(=O)N(I)c1ccc(CO)cc1. The molecule has 4 N–H and O–H groups in total. The van der Waals surface area contributed by atoms with Crippen LogP contribution in [0.15, 0.2) is 67.3 Å². The van der Waals surface area contributed by atoms with Crippen LogP contribution in [0.25, 0.3) is 0 Å². The quantitative estimate of drug-likeness (QED) is 0.0919. The van der Waals surface area contributed by atoms with Gasteiger partial charge in [0, 0.05) is 13.0 Å². The van der Waals surface area contributed by atoms with E-state index in [1.54, 1.807) is 45.0 Å². The fraction of sp³-hybridized carbons (Fsp3) is 0.419. The second kappa shape index (κ2) is 18.1. The number of amides is 4. The van der Waals surface area contributed by atoms with Gasteiger partial charge in [-0.2, -0.15) is 0 Å². The average molecular weight is 709 g/mol. The number of aliphatic hydroxyl groups is 1. The Morgan fingerprint density at radius 3 is 2.23 bits per heavy atom. The van der Waals surface area contributed by atoms with Crippen molar-refractivity contribution in [2.24, 2.45) is 0 Å². The molecule has 2 rings (SSSR count). The van der Waals surface area contributed by atoms with Crippen LogP contribution in [-0.2, 0) is 32.1 Å². The van der Waals surface area contributed by atoms with Crippen LogP contribution in [0.2, 0.25) is 0 Å². The first kappa shape index (κ1) is 35.5. The van der Waals surface area contributed by atoms with Gasteiger partial charge in [0.2, 0.25) is 5.91 Å². The van der Waals surface area contributed by atoms with Crippen molar-refractivity contribution in [2.75, 3.05) is 16.3 Å². The summed E-state index contributed by atoms with van der Waals surface area (Å²) in [7, 11) is 0. The Balaban J connectivity index is 2.18. The predicted octanol–water partition coefficient (Wildman–Crippen LogP) is 4.57. The van der Waals surface area contributed by atoms with E-state index in [4.69, 9.17) is 9.47 Å². The topological polar surface area (TPSA) is 146 Å². The maximum absolute atomic E-state index is 13.6. The summed E-state index contributed by atoms with van der Waals surface area (Å²) in [5.41, 5.74) is 1.46. The van der Waals surface area contributed by atoms with Crippen LogP contribution in [0.4, 0.5) is 15.3 Å². The van der Waals surface area contributed by atoms with E-state index in [1.165, 1.54) is 9.19 Å². The Bertz CT molecular complexity index is 1200. The van der Waals surface area contributed by atoms with Crippen LogP contribution in [0.3, 0.4) is 0 Å². The summed E-state index contributed by atoms with van der Waals surface area (Å²) in [5, 5.41) is 17.5. The van der Waals surface area contributed by atoms with E-state index in [2.05, 4.69) is 22.5 Å². The first-order valence-corrected chi connectivity index (χ1v) is 14.9. The van der Waals surface area contributed by atoms with Gasteiger partial charge in [0.05, 0.1) is 35.2 Å². The lowest BCUT2D eigenvalue weighted by Crippen LogP contribution is -2.54. The third-order valence-corrected chi connectivity index (χ3v) is 7.00. The molecule has 0 radical (unpaired) electrons. The highest BCUT2D eigenvalue weighted by Crippen LogP contribution is 2.22. The van der Waals surface area contributed by atoms with Crippen LogP contribution in [0.5, 0.6) is 0 Å². The number of benzene rings is 2. The molecule has 0 aliphatic carbocycles. The Kier molecular flexibility index (Phi) is 15.0. The van der Waals surface area contributed by atoms with Gasteiger partial charge < -0.3 is 30.5 Å². The van der Waals surface area contributed by atoms with E-state index in [-0.39, 0.29) is 32.0 Å². The summed E-state index contributed by atoms with van der Waals surface area (Å²) in [6.07, 6.45) is 1.58. The molecule has 0 heterocycles.